The normalized spacial score (nSPS) is 19.9. The number of ether oxygens (including phenoxy) is 1. The zero-order chi connectivity index (χ0) is 23.8. The molecule has 1 heterocycles. The Balaban J connectivity index is 1.59. The zero-order valence-corrected chi connectivity index (χ0v) is 18.8. The average Bonchev–Trinajstić information content (AvgIpc) is 2.77. The summed E-state index contributed by atoms with van der Waals surface area (Å²) < 4.78 is 33.6. The Bertz CT molecular complexity index is 1200. The largest absolute Gasteiger partial charge is 0.457 e. The van der Waals surface area contributed by atoms with E-state index in [4.69, 9.17) is 4.74 Å². The van der Waals surface area contributed by atoms with Crippen molar-refractivity contribution in [3.8, 4) is 0 Å². The molecule has 0 saturated heterocycles. The fourth-order valence-corrected chi connectivity index (χ4v) is 5.58. The molecule has 0 spiro atoms. The van der Waals surface area contributed by atoms with Crippen LogP contribution in [0.25, 0.3) is 0 Å². The number of sulfonamides is 1. The number of carbonyl (C=O) groups excluding carboxylic acids is 1. The van der Waals surface area contributed by atoms with Gasteiger partial charge in [-0.05, 0) is 50.5 Å². The van der Waals surface area contributed by atoms with Gasteiger partial charge in [-0.15, -0.1) is 0 Å². The molecule has 0 aromatic heterocycles. The highest BCUT2D eigenvalue weighted by Gasteiger charge is 2.46. The van der Waals surface area contributed by atoms with E-state index in [1.54, 1.807) is 18.2 Å². The summed E-state index contributed by atoms with van der Waals surface area (Å²) in [4.78, 5) is 22.9. The average molecular weight is 473 g/mol. The van der Waals surface area contributed by atoms with Crippen molar-refractivity contribution in [2.24, 2.45) is 0 Å². The molecule has 10 heteroatoms. The molecule has 33 heavy (non-hydrogen) atoms. The third-order valence-corrected chi connectivity index (χ3v) is 7.86. The van der Waals surface area contributed by atoms with Crippen LogP contribution < -0.4 is 0 Å². The minimum Gasteiger partial charge on any atom is -0.457 e. The second kappa shape index (κ2) is 8.60. The lowest BCUT2D eigenvalue weighted by Crippen LogP contribution is -2.51. The smallest absolute Gasteiger partial charge is 0.338 e. The van der Waals surface area contributed by atoms with Gasteiger partial charge in [0, 0.05) is 18.6 Å². The van der Waals surface area contributed by atoms with Crippen LogP contribution in [0.1, 0.15) is 41.6 Å². The highest BCUT2D eigenvalue weighted by molar-refractivity contribution is 7.89. The Labute approximate surface area is 191 Å². The molecule has 2 aliphatic rings. The van der Waals surface area contributed by atoms with Gasteiger partial charge in [0.1, 0.15) is 11.7 Å². The first-order valence-electron chi connectivity index (χ1n) is 10.6. The molecule has 1 fully saturated rings. The third kappa shape index (κ3) is 4.49. The lowest BCUT2D eigenvalue weighted by Gasteiger charge is -2.45. The molecule has 1 N–H and O–H groups in total. The van der Waals surface area contributed by atoms with Crippen LogP contribution in [0.4, 0.5) is 5.69 Å². The summed E-state index contributed by atoms with van der Waals surface area (Å²) in [6.45, 7) is 1.72. The second-order valence-corrected chi connectivity index (χ2v) is 10.3. The van der Waals surface area contributed by atoms with Crippen molar-refractivity contribution in [2.45, 2.75) is 49.2 Å². The lowest BCUT2D eigenvalue weighted by molar-refractivity contribution is -0.384. The van der Waals surface area contributed by atoms with Crippen molar-refractivity contribution in [2.75, 3.05) is 6.54 Å². The number of benzene rings is 2. The molecule has 0 radical (unpaired) electrons. The molecule has 9 nitrogen and oxygen atoms in total. The topological polar surface area (TPSA) is 127 Å². The van der Waals surface area contributed by atoms with Gasteiger partial charge < -0.3 is 9.84 Å². The minimum absolute atomic E-state index is 0.0873. The van der Waals surface area contributed by atoms with Gasteiger partial charge >= 0.3 is 5.97 Å². The molecule has 0 bridgehead atoms. The number of esters is 1. The highest BCUT2D eigenvalue weighted by atomic mass is 32.2. The quantitative estimate of drug-likeness (QED) is 0.388. The number of aliphatic hydroxyl groups is 1. The van der Waals surface area contributed by atoms with Gasteiger partial charge in [0.15, 0.2) is 0 Å². The van der Waals surface area contributed by atoms with Crippen LogP contribution in [0.5, 0.6) is 0 Å². The van der Waals surface area contributed by atoms with E-state index in [9.17, 15) is 28.4 Å². The number of aryl methyl sites for hydroxylation is 1. The van der Waals surface area contributed by atoms with Crippen molar-refractivity contribution in [3.63, 3.8) is 0 Å². The Kier molecular flexibility index (Phi) is 5.98. The fourth-order valence-electron chi connectivity index (χ4n) is 3.98. The van der Waals surface area contributed by atoms with Crippen molar-refractivity contribution in [1.82, 2.24) is 4.31 Å². The van der Waals surface area contributed by atoms with Crippen LogP contribution in [-0.2, 0) is 14.8 Å². The summed E-state index contributed by atoms with van der Waals surface area (Å²) >= 11 is 0. The first-order chi connectivity index (χ1) is 15.6. The first kappa shape index (κ1) is 22.9. The van der Waals surface area contributed by atoms with E-state index in [1.807, 2.05) is 6.92 Å². The number of nitrogens with zero attached hydrogens (tertiary/aromatic N) is 2. The number of nitro benzene ring substituents is 1. The number of hydrogen-bond acceptors (Lipinski definition) is 7. The molecule has 2 aromatic rings. The molecule has 1 aliphatic heterocycles. The molecule has 1 aliphatic carbocycles. The van der Waals surface area contributed by atoms with E-state index >= 15 is 0 Å². The predicted molar refractivity (Wildman–Crippen MR) is 119 cm³/mol. The van der Waals surface area contributed by atoms with Crippen molar-refractivity contribution >= 4 is 21.7 Å². The number of non-ortho nitro benzene ring substituents is 1. The minimum atomic E-state index is -4.00. The summed E-state index contributed by atoms with van der Waals surface area (Å²) in [5.41, 5.74) is -0.0137. The Morgan fingerprint density at radius 2 is 1.79 bits per heavy atom. The van der Waals surface area contributed by atoms with Crippen molar-refractivity contribution in [3.05, 3.63) is 81.5 Å². The number of rotatable bonds is 6. The van der Waals surface area contributed by atoms with E-state index < -0.39 is 32.6 Å². The third-order valence-electron chi connectivity index (χ3n) is 6.07. The van der Waals surface area contributed by atoms with E-state index in [1.165, 1.54) is 36.4 Å². The van der Waals surface area contributed by atoms with Gasteiger partial charge in [-0.2, -0.15) is 0 Å². The van der Waals surface area contributed by atoms with E-state index in [2.05, 4.69) is 0 Å². The highest BCUT2D eigenvalue weighted by Crippen LogP contribution is 2.43. The summed E-state index contributed by atoms with van der Waals surface area (Å²) in [5.74, 6) is -0.707. The van der Waals surface area contributed by atoms with Gasteiger partial charge in [0.2, 0.25) is 0 Å². The molecule has 4 rings (SSSR count). The van der Waals surface area contributed by atoms with Gasteiger partial charge in [0.05, 0.1) is 27.6 Å². The summed E-state index contributed by atoms with van der Waals surface area (Å²) in [6.07, 6.45) is 2.82. The van der Waals surface area contributed by atoms with E-state index in [-0.39, 0.29) is 29.1 Å². The SMILES string of the molecule is Cc1ccc(S(=O)(=O)N2C[C@@H](OC(=O)c3ccc([N+](=O)[O-])cc3)CC=C2C2(O)CCC2)cc1. The van der Waals surface area contributed by atoms with Crippen molar-refractivity contribution < 1.29 is 28.0 Å². The van der Waals surface area contributed by atoms with Crippen LogP contribution >= 0.6 is 0 Å². The van der Waals surface area contributed by atoms with Gasteiger partial charge in [0.25, 0.3) is 15.7 Å². The monoisotopic (exact) mass is 472 g/mol. The number of hydrogen-bond donors (Lipinski definition) is 1. The molecule has 1 saturated carbocycles. The summed E-state index contributed by atoms with van der Waals surface area (Å²) in [7, 11) is -4.00. The summed E-state index contributed by atoms with van der Waals surface area (Å²) in [5, 5.41) is 21.7. The van der Waals surface area contributed by atoms with Gasteiger partial charge in [-0.25, -0.2) is 13.2 Å². The maximum atomic E-state index is 13.5. The summed E-state index contributed by atoms with van der Waals surface area (Å²) in [6, 6.07) is 11.4. The zero-order valence-electron chi connectivity index (χ0n) is 18.0. The Hall–Kier alpha value is -3.24. The maximum Gasteiger partial charge on any atom is 0.338 e. The number of carbonyl (C=O) groups is 1. The van der Waals surface area contributed by atoms with Gasteiger partial charge in [-0.1, -0.05) is 23.8 Å². The van der Waals surface area contributed by atoms with Gasteiger partial charge in [-0.3, -0.25) is 14.4 Å². The van der Waals surface area contributed by atoms with E-state index in [0.29, 0.717) is 18.5 Å². The molecule has 2 aromatic carbocycles. The molecule has 1 atom stereocenters. The Morgan fingerprint density at radius 1 is 1.15 bits per heavy atom. The van der Waals surface area contributed by atoms with Crippen LogP contribution in [-0.4, -0.2) is 47.0 Å². The molecular formula is C23H24N2O7S. The molecular weight excluding hydrogens is 448 g/mol. The lowest BCUT2D eigenvalue weighted by atomic mass is 9.76. The molecule has 174 valence electrons. The van der Waals surface area contributed by atoms with Crippen LogP contribution in [0, 0.1) is 17.0 Å². The molecule has 0 amide bonds. The second-order valence-electron chi connectivity index (χ2n) is 8.39. The Morgan fingerprint density at radius 3 is 2.33 bits per heavy atom. The standard InChI is InChI=1S/C23H24N2O7S/c1-16-3-10-20(11-4-16)33(30,31)24-15-19(9-12-21(24)23(27)13-2-14-23)32-22(26)17-5-7-18(8-6-17)25(28)29/h3-8,10-12,19,27H,2,9,13-15H2,1H3/t19-/m0/s1. The number of nitro groups is 1. The van der Waals surface area contributed by atoms with E-state index in [0.717, 1.165) is 16.3 Å². The predicted octanol–water partition coefficient (Wildman–Crippen LogP) is 3.32. The maximum absolute atomic E-state index is 13.5. The molecule has 0 unspecified atom stereocenters. The fraction of sp³-hybridized carbons (Fsp3) is 0.348. The first-order valence-corrected chi connectivity index (χ1v) is 12.0. The van der Waals surface area contributed by atoms with Crippen LogP contribution in [0.3, 0.4) is 0 Å². The van der Waals surface area contributed by atoms with Crippen LogP contribution in [0.15, 0.2) is 65.2 Å². The van der Waals surface area contributed by atoms with Crippen molar-refractivity contribution in [1.29, 1.82) is 0 Å². The van der Waals surface area contributed by atoms with Crippen LogP contribution in [0.2, 0.25) is 0 Å².